The first kappa shape index (κ1) is 41.7. The standard InChI is InChI=1S/2Al.2Li.O2/c;;;;1-2/q;;2*+1;-2. The molecule has 0 aromatic carbocycles. The van der Waals surface area contributed by atoms with Gasteiger partial charge in [0.25, 0.3) is 0 Å². The van der Waals surface area contributed by atoms with Crippen LogP contribution in [0.25, 0.3) is 0 Å². The van der Waals surface area contributed by atoms with Gasteiger partial charge in [-0.05, 0) is 0 Å². The van der Waals surface area contributed by atoms with Gasteiger partial charge in [0.1, 0.15) is 0 Å². The maximum absolute atomic E-state index is 7.00. The molecule has 6 radical (unpaired) electrons. The maximum Gasteiger partial charge on any atom is 1.00 e. The van der Waals surface area contributed by atoms with Crippen molar-refractivity contribution in [3.8, 4) is 0 Å². The number of hydrogen-bond acceptors (Lipinski definition) is 2. The SMILES string of the molecule is [Al].[Al].[Li+].[Li+].[O-][O-]. The molecular formula is Al2Li2O2. The molecule has 0 heterocycles. The second kappa shape index (κ2) is 57.7. The van der Waals surface area contributed by atoms with Crippen LogP contribution in [0.1, 0.15) is 0 Å². The monoisotopic (exact) mass is 100.0 g/mol. The Hall–Kier alpha value is 2.18. The van der Waals surface area contributed by atoms with Gasteiger partial charge in [-0.3, -0.25) is 0 Å². The zero-order valence-corrected chi connectivity index (χ0v) is 6.28. The van der Waals surface area contributed by atoms with Crippen molar-refractivity contribution in [1.82, 2.24) is 0 Å². The van der Waals surface area contributed by atoms with Gasteiger partial charge in [-0.2, -0.15) is 0 Å². The predicted octanol–water partition coefficient (Wildman–Crippen LogP) is -9.13. The Bertz CT molecular complexity index is 9.51. The fourth-order valence-electron chi connectivity index (χ4n) is 0. The van der Waals surface area contributed by atoms with E-state index in [9.17, 15) is 0 Å². The van der Waals surface area contributed by atoms with Crippen molar-refractivity contribution in [2.75, 3.05) is 0 Å². The third-order valence-corrected chi connectivity index (χ3v) is 0. The summed E-state index contributed by atoms with van der Waals surface area (Å²) < 4.78 is 0. The third kappa shape index (κ3) is 34.9. The molecule has 0 amide bonds. The molecule has 6 heteroatoms. The van der Waals surface area contributed by atoms with Gasteiger partial charge in [0.05, 0.1) is 0 Å². The minimum atomic E-state index is 0. The molecule has 0 spiro atoms. The first-order valence-electron chi connectivity index (χ1n) is 0.167. The second-order valence-electron chi connectivity index (χ2n) is 0. The fourth-order valence-corrected chi connectivity index (χ4v) is 0. The summed E-state index contributed by atoms with van der Waals surface area (Å²) in [5.41, 5.74) is 0. The maximum atomic E-state index is 7.00. The average molecular weight is 99.8 g/mol. The summed E-state index contributed by atoms with van der Waals surface area (Å²) in [6, 6.07) is 0. The molecule has 0 aromatic rings. The fraction of sp³-hybridized carbons (Fsp3) is 0. The molecule has 0 aliphatic rings. The largest absolute Gasteiger partial charge is 1.00 e. The minimum Gasteiger partial charge on any atom is -1.00 e. The molecule has 0 unspecified atom stereocenters. The Morgan fingerprint density at radius 2 is 0.667 bits per heavy atom. The van der Waals surface area contributed by atoms with Crippen LogP contribution in [0, 0.1) is 0 Å². The molecule has 20 valence electrons. The van der Waals surface area contributed by atoms with Crippen molar-refractivity contribution in [3.63, 3.8) is 0 Å². The zero-order chi connectivity index (χ0) is 2.00. The van der Waals surface area contributed by atoms with Crippen LogP contribution in [0.5, 0.6) is 0 Å². The van der Waals surface area contributed by atoms with Crippen LogP contribution in [0.2, 0.25) is 0 Å². The van der Waals surface area contributed by atoms with Gasteiger partial charge >= 0.3 is 37.7 Å². The molecule has 0 aliphatic carbocycles. The van der Waals surface area contributed by atoms with E-state index in [-0.39, 0.29) is 72.4 Å². The number of rotatable bonds is 0. The van der Waals surface area contributed by atoms with E-state index in [2.05, 4.69) is 0 Å². The van der Waals surface area contributed by atoms with Gasteiger partial charge in [0, 0.05) is 34.7 Å². The van der Waals surface area contributed by atoms with Gasteiger partial charge in [-0.15, -0.1) is 0 Å². The zero-order valence-electron chi connectivity index (χ0n) is 3.97. The molecule has 0 saturated heterocycles. The summed E-state index contributed by atoms with van der Waals surface area (Å²) in [4.78, 5) is 0. The van der Waals surface area contributed by atoms with Crippen LogP contribution in [-0.2, 0) is 0 Å². The molecule has 0 aromatic heterocycles. The van der Waals surface area contributed by atoms with E-state index in [1.54, 1.807) is 0 Å². The summed E-state index contributed by atoms with van der Waals surface area (Å²) in [5, 5.41) is 14.0. The van der Waals surface area contributed by atoms with Gasteiger partial charge in [-0.1, -0.05) is 0 Å². The minimum absolute atomic E-state index is 0. The molecule has 2 nitrogen and oxygen atoms in total. The van der Waals surface area contributed by atoms with E-state index in [1.807, 2.05) is 0 Å². The second-order valence-corrected chi connectivity index (χ2v) is 0. The van der Waals surface area contributed by atoms with Gasteiger partial charge in [0.2, 0.25) is 0 Å². The van der Waals surface area contributed by atoms with Gasteiger partial charge in [0.15, 0.2) is 0 Å². The van der Waals surface area contributed by atoms with Crippen molar-refractivity contribution in [2.24, 2.45) is 0 Å². The van der Waals surface area contributed by atoms with Crippen LogP contribution in [0.15, 0.2) is 0 Å². The van der Waals surface area contributed by atoms with E-state index in [1.165, 1.54) is 0 Å². The molecule has 0 fully saturated rings. The van der Waals surface area contributed by atoms with Crippen molar-refractivity contribution < 1.29 is 48.2 Å². The van der Waals surface area contributed by atoms with E-state index < -0.39 is 0 Å². The van der Waals surface area contributed by atoms with Crippen LogP contribution in [0.4, 0.5) is 0 Å². The Balaban J connectivity index is -0.000000000833. The molecular weight excluding hydrogens is 99.8 g/mol. The quantitative estimate of drug-likeness (QED) is 0.172. The summed E-state index contributed by atoms with van der Waals surface area (Å²) in [6.45, 7) is 0. The molecule has 6 heavy (non-hydrogen) atoms. The third-order valence-electron chi connectivity index (χ3n) is 0. The summed E-state index contributed by atoms with van der Waals surface area (Å²) in [5.74, 6) is 0. The van der Waals surface area contributed by atoms with E-state index >= 15 is 0 Å². The number of hydrogen-bond donors (Lipinski definition) is 0. The van der Waals surface area contributed by atoms with Crippen LogP contribution in [-0.4, -0.2) is 34.7 Å². The topological polar surface area (TPSA) is 46.1 Å². The summed E-state index contributed by atoms with van der Waals surface area (Å²) in [7, 11) is 0. The average Bonchev–Trinajstić information content (AvgIpc) is 1.00. The van der Waals surface area contributed by atoms with E-state index in [4.69, 9.17) is 10.5 Å². The van der Waals surface area contributed by atoms with E-state index in [0.717, 1.165) is 0 Å². The molecule has 0 atom stereocenters. The van der Waals surface area contributed by atoms with Crippen LogP contribution < -0.4 is 48.2 Å². The Kier molecular flexibility index (Phi) is 401. The van der Waals surface area contributed by atoms with Gasteiger partial charge < -0.3 is 10.5 Å². The van der Waals surface area contributed by atoms with Gasteiger partial charge in [-0.25, -0.2) is 0 Å². The first-order valence-corrected chi connectivity index (χ1v) is 0.167. The van der Waals surface area contributed by atoms with Crippen molar-refractivity contribution >= 4 is 34.7 Å². The normalized spacial score (nSPS) is 1.00. The molecule has 0 N–H and O–H groups in total. The molecule has 0 rings (SSSR count). The smallest absolute Gasteiger partial charge is 1.00 e. The summed E-state index contributed by atoms with van der Waals surface area (Å²) >= 11 is 0. The van der Waals surface area contributed by atoms with Crippen molar-refractivity contribution in [2.45, 2.75) is 0 Å². The van der Waals surface area contributed by atoms with Crippen molar-refractivity contribution in [3.05, 3.63) is 0 Å². The Labute approximate surface area is 82.2 Å². The van der Waals surface area contributed by atoms with Crippen LogP contribution in [0.3, 0.4) is 0 Å². The van der Waals surface area contributed by atoms with E-state index in [0.29, 0.717) is 0 Å². The Morgan fingerprint density at radius 1 is 0.667 bits per heavy atom. The predicted molar refractivity (Wildman–Crippen MR) is 11.5 cm³/mol. The molecule has 0 bridgehead atoms. The first-order chi connectivity index (χ1) is 1.00. The molecule has 0 aliphatic heterocycles. The Morgan fingerprint density at radius 3 is 0.667 bits per heavy atom. The molecule has 0 saturated carbocycles. The van der Waals surface area contributed by atoms with Crippen molar-refractivity contribution in [1.29, 1.82) is 0 Å². The summed E-state index contributed by atoms with van der Waals surface area (Å²) in [6.07, 6.45) is 0. The van der Waals surface area contributed by atoms with Crippen LogP contribution >= 0.6 is 0 Å².